The van der Waals surface area contributed by atoms with Crippen LogP contribution in [0.4, 0.5) is 18.0 Å². The molecule has 0 aliphatic carbocycles. The Morgan fingerprint density at radius 1 is 1.07 bits per heavy atom. The predicted octanol–water partition coefficient (Wildman–Crippen LogP) is -0.689. The van der Waals surface area contributed by atoms with Gasteiger partial charge in [-0.15, -0.1) is 0 Å². The second kappa shape index (κ2) is 12.3. The molecule has 2 atom stereocenters. The molecule has 2 aliphatic rings. The molecule has 4 rings (SSSR count). The summed E-state index contributed by atoms with van der Waals surface area (Å²) in [6, 6.07) is 5.17. The Morgan fingerprint density at radius 2 is 1.73 bits per heavy atom. The third-order valence-corrected chi connectivity index (χ3v) is 7.67. The SMILES string of the molecule is O=C(O)c1cccc2c1OB(O)[C@@H](NC(=O)C(NC(=O)N1CCN(CC(F)(F)F)C(=O)C1=O)c1ccc(P(=O)(O)O)cc1)C2. The summed E-state index contributed by atoms with van der Waals surface area (Å²) in [5, 5.41) is 24.1. The van der Waals surface area contributed by atoms with E-state index in [1.54, 1.807) is 0 Å². The van der Waals surface area contributed by atoms with Gasteiger partial charge in [-0.25, -0.2) is 9.59 Å². The molecule has 234 valence electrons. The van der Waals surface area contributed by atoms with Crippen molar-refractivity contribution < 1.29 is 66.3 Å². The number of carboxylic acids is 1. The van der Waals surface area contributed by atoms with Gasteiger partial charge >= 0.3 is 44.7 Å². The summed E-state index contributed by atoms with van der Waals surface area (Å²) in [5.41, 5.74) is -0.00797. The molecule has 1 fully saturated rings. The van der Waals surface area contributed by atoms with Crippen LogP contribution in [-0.2, 0) is 25.4 Å². The fourth-order valence-electron chi connectivity index (χ4n) is 4.58. The highest BCUT2D eigenvalue weighted by Gasteiger charge is 2.43. The van der Waals surface area contributed by atoms with Crippen molar-refractivity contribution in [3.8, 4) is 5.75 Å². The number of benzene rings is 2. The van der Waals surface area contributed by atoms with Crippen LogP contribution in [-0.4, -0.2) is 98.3 Å². The van der Waals surface area contributed by atoms with E-state index in [2.05, 4.69) is 10.6 Å². The fraction of sp³-hybridized carbons (Fsp3) is 0.292. The van der Waals surface area contributed by atoms with Crippen LogP contribution in [0.2, 0.25) is 0 Å². The smallest absolute Gasteiger partial charge is 0.534 e. The zero-order chi connectivity index (χ0) is 32.6. The van der Waals surface area contributed by atoms with Crippen LogP contribution in [0.25, 0.3) is 0 Å². The second-order valence-corrected chi connectivity index (χ2v) is 11.3. The molecule has 15 nitrogen and oxygen atoms in total. The van der Waals surface area contributed by atoms with Crippen molar-refractivity contribution >= 4 is 49.7 Å². The first-order chi connectivity index (χ1) is 20.5. The molecule has 1 saturated heterocycles. The van der Waals surface area contributed by atoms with E-state index in [0.29, 0.717) is 10.5 Å². The number of amides is 5. The van der Waals surface area contributed by atoms with Crippen LogP contribution in [0.3, 0.4) is 0 Å². The first-order valence-corrected chi connectivity index (χ1v) is 14.2. The topological polar surface area (TPSA) is 223 Å². The Kier molecular flexibility index (Phi) is 9.06. The number of fused-ring (bicyclic) bond motifs is 1. The number of piperazine rings is 1. The van der Waals surface area contributed by atoms with Crippen LogP contribution >= 0.6 is 7.60 Å². The molecule has 44 heavy (non-hydrogen) atoms. The number of hydrogen-bond donors (Lipinski definition) is 6. The van der Waals surface area contributed by atoms with Crippen molar-refractivity contribution in [1.82, 2.24) is 20.4 Å². The number of nitrogens with one attached hydrogen (secondary N) is 2. The number of carbonyl (C=O) groups excluding carboxylic acids is 4. The highest BCUT2D eigenvalue weighted by atomic mass is 31.2. The van der Waals surface area contributed by atoms with Crippen molar-refractivity contribution in [2.45, 2.75) is 24.6 Å². The van der Waals surface area contributed by atoms with Crippen LogP contribution < -0.4 is 20.6 Å². The molecule has 5 amide bonds. The molecular weight excluding hydrogens is 619 g/mol. The molecule has 2 aromatic rings. The molecule has 0 spiro atoms. The average molecular weight is 642 g/mol. The number of urea groups is 1. The summed E-state index contributed by atoms with van der Waals surface area (Å²) in [4.78, 5) is 82.1. The maximum absolute atomic E-state index is 13.5. The minimum atomic E-state index is -4.80. The quantitative estimate of drug-likeness (QED) is 0.126. The minimum Gasteiger partial charge on any atom is -0.534 e. The van der Waals surface area contributed by atoms with Gasteiger partial charge in [-0.2, -0.15) is 13.2 Å². The molecule has 2 aromatic carbocycles. The van der Waals surface area contributed by atoms with E-state index in [-0.39, 0.29) is 28.2 Å². The molecule has 0 radical (unpaired) electrons. The van der Waals surface area contributed by atoms with E-state index in [1.165, 1.54) is 18.2 Å². The lowest BCUT2D eigenvalue weighted by Gasteiger charge is -2.34. The lowest BCUT2D eigenvalue weighted by Crippen LogP contribution is -2.61. The van der Waals surface area contributed by atoms with Gasteiger partial charge < -0.3 is 40.1 Å². The first-order valence-electron chi connectivity index (χ1n) is 12.6. The lowest BCUT2D eigenvalue weighted by molar-refractivity contribution is -0.170. The van der Waals surface area contributed by atoms with E-state index in [0.717, 1.165) is 24.3 Å². The Balaban J connectivity index is 1.57. The number of halogens is 3. The number of para-hydroxylation sites is 1. The molecule has 6 N–H and O–H groups in total. The van der Waals surface area contributed by atoms with Gasteiger partial charge in [0.15, 0.2) is 0 Å². The van der Waals surface area contributed by atoms with Crippen LogP contribution in [0.15, 0.2) is 42.5 Å². The number of imide groups is 1. The van der Waals surface area contributed by atoms with Crippen molar-refractivity contribution in [2.75, 3.05) is 19.6 Å². The molecule has 20 heteroatoms. The molecule has 2 aliphatic heterocycles. The lowest BCUT2D eigenvalue weighted by atomic mass is 9.72. The summed E-state index contributed by atoms with van der Waals surface area (Å²) in [6.45, 7) is -3.00. The van der Waals surface area contributed by atoms with Gasteiger partial charge in [-0.1, -0.05) is 24.3 Å². The third kappa shape index (κ3) is 7.19. The van der Waals surface area contributed by atoms with Gasteiger partial charge in [-0.05, 0) is 35.7 Å². The van der Waals surface area contributed by atoms with Crippen molar-refractivity contribution in [3.05, 3.63) is 59.2 Å². The van der Waals surface area contributed by atoms with E-state index in [4.69, 9.17) is 4.65 Å². The molecule has 0 bridgehead atoms. The van der Waals surface area contributed by atoms with E-state index in [9.17, 15) is 61.6 Å². The maximum atomic E-state index is 13.5. The normalized spacial score (nSPS) is 17.9. The number of carboxylic acid groups (broad SMARTS) is 1. The summed E-state index contributed by atoms with van der Waals surface area (Å²) < 4.78 is 55.2. The Labute approximate surface area is 245 Å². The fourth-order valence-corrected chi connectivity index (χ4v) is 5.12. The number of rotatable bonds is 7. The van der Waals surface area contributed by atoms with Crippen molar-refractivity contribution in [3.63, 3.8) is 0 Å². The Hall–Kier alpha value is -4.45. The third-order valence-electron chi connectivity index (χ3n) is 6.69. The number of aromatic carboxylic acids is 1. The molecule has 2 heterocycles. The number of carbonyl (C=O) groups is 5. The molecule has 0 aromatic heterocycles. The van der Waals surface area contributed by atoms with Crippen LogP contribution in [0, 0.1) is 0 Å². The predicted molar refractivity (Wildman–Crippen MR) is 141 cm³/mol. The number of alkyl halides is 3. The standard InChI is InChI=1S/C24H23BF3N4O11P/c26-24(27,28)11-31-8-9-32(21(35)20(31)34)23(38)30-17(12-4-6-14(7-5-12)44(40,41)42)19(33)29-16-10-13-2-1-3-15(22(36)37)18(13)43-25(16)39/h1-7,16-17,39H,8-11H2,(H,29,33)(H,30,38)(H,36,37)(H2,40,41,42)/t16-,17?/m0/s1. The van der Waals surface area contributed by atoms with E-state index in [1.807, 2.05) is 0 Å². The average Bonchev–Trinajstić information content (AvgIpc) is 2.93. The van der Waals surface area contributed by atoms with Gasteiger partial charge in [0, 0.05) is 13.1 Å². The van der Waals surface area contributed by atoms with Crippen LogP contribution in [0.1, 0.15) is 27.5 Å². The maximum Gasteiger partial charge on any atom is 0.547 e. The monoisotopic (exact) mass is 642 g/mol. The Bertz CT molecular complexity index is 1550. The van der Waals surface area contributed by atoms with Gasteiger partial charge in [-0.3, -0.25) is 23.8 Å². The summed E-state index contributed by atoms with van der Waals surface area (Å²) in [6.07, 6.45) is -4.93. The van der Waals surface area contributed by atoms with Crippen LogP contribution in [0.5, 0.6) is 5.75 Å². The van der Waals surface area contributed by atoms with E-state index < -0.39 is 87.5 Å². The van der Waals surface area contributed by atoms with E-state index >= 15 is 0 Å². The Morgan fingerprint density at radius 3 is 2.32 bits per heavy atom. The highest BCUT2D eigenvalue weighted by Crippen LogP contribution is 2.34. The van der Waals surface area contributed by atoms with Gasteiger partial charge in [0.1, 0.15) is 18.3 Å². The zero-order valence-electron chi connectivity index (χ0n) is 22.2. The summed E-state index contributed by atoms with van der Waals surface area (Å²) in [5.74, 6) is -6.88. The summed E-state index contributed by atoms with van der Waals surface area (Å²) in [7, 11) is -6.47. The summed E-state index contributed by atoms with van der Waals surface area (Å²) >= 11 is 0. The van der Waals surface area contributed by atoms with Gasteiger partial charge in [0.2, 0.25) is 5.91 Å². The van der Waals surface area contributed by atoms with Crippen molar-refractivity contribution in [1.29, 1.82) is 0 Å². The minimum absolute atomic E-state index is 0.0812. The van der Waals surface area contributed by atoms with Crippen molar-refractivity contribution in [2.24, 2.45) is 0 Å². The molecule has 1 unspecified atom stereocenters. The zero-order valence-corrected chi connectivity index (χ0v) is 23.1. The number of nitrogens with zero attached hydrogens (tertiary/aromatic N) is 2. The first kappa shape index (κ1) is 32.5. The second-order valence-electron chi connectivity index (χ2n) is 9.74. The van der Waals surface area contributed by atoms with Gasteiger partial charge in [0.05, 0.1) is 16.8 Å². The number of hydrogen-bond acceptors (Lipinski definition) is 8. The molecular formula is C24H23BF3N4O11P. The molecule has 0 saturated carbocycles. The highest BCUT2D eigenvalue weighted by molar-refractivity contribution is 7.60. The van der Waals surface area contributed by atoms with Gasteiger partial charge in [0.25, 0.3) is 0 Å². The largest absolute Gasteiger partial charge is 0.547 e.